The lowest BCUT2D eigenvalue weighted by Gasteiger charge is -2.22. The number of sulfonamides is 1. The van der Waals surface area contributed by atoms with E-state index in [0.717, 1.165) is 27.7 Å². The molecule has 0 radical (unpaired) electrons. The number of imidazole rings is 1. The Balaban J connectivity index is 1.73. The average Bonchev–Trinajstić information content (AvgIpc) is 3.05. The molecule has 7 nitrogen and oxygen atoms in total. The first-order chi connectivity index (χ1) is 13.3. The third kappa shape index (κ3) is 3.93. The van der Waals surface area contributed by atoms with Gasteiger partial charge in [0.15, 0.2) is 0 Å². The standard InChI is InChI=1S/C20H24N4O3S/c1-4-24-18-13-9-8-12-17(18)21-19(24)14-22(2)20(25)15-23(3)28(26,27)16-10-6-5-7-11-16/h5-13H,4,14-15H2,1-3H3. The Hall–Kier alpha value is -2.71. The summed E-state index contributed by atoms with van der Waals surface area (Å²) < 4.78 is 28.3. The molecule has 0 aliphatic carbocycles. The van der Waals surface area contributed by atoms with E-state index in [9.17, 15) is 13.2 Å². The summed E-state index contributed by atoms with van der Waals surface area (Å²) in [4.78, 5) is 18.9. The lowest BCUT2D eigenvalue weighted by Crippen LogP contribution is -2.39. The average molecular weight is 401 g/mol. The van der Waals surface area contributed by atoms with E-state index in [2.05, 4.69) is 9.55 Å². The zero-order chi connectivity index (χ0) is 20.3. The Kier molecular flexibility index (Phi) is 5.81. The van der Waals surface area contributed by atoms with Gasteiger partial charge in [0.05, 0.1) is 29.0 Å². The second kappa shape index (κ2) is 8.12. The molecule has 0 saturated carbocycles. The van der Waals surface area contributed by atoms with Crippen molar-refractivity contribution in [1.29, 1.82) is 0 Å². The number of aromatic nitrogens is 2. The molecule has 2 aromatic carbocycles. The Bertz CT molecular complexity index is 1080. The summed E-state index contributed by atoms with van der Waals surface area (Å²) >= 11 is 0. The van der Waals surface area contributed by atoms with Crippen LogP contribution in [0.25, 0.3) is 11.0 Å². The topological polar surface area (TPSA) is 75.5 Å². The second-order valence-electron chi connectivity index (χ2n) is 6.58. The Morgan fingerprint density at radius 2 is 1.68 bits per heavy atom. The number of para-hydroxylation sites is 2. The number of nitrogens with zero attached hydrogens (tertiary/aromatic N) is 4. The molecule has 28 heavy (non-hydrogen) atoms. The van der Waals surface area contributed by atoms with Gasteiger partial charge in [-0.05, 0) is 31.2 Å². The van der Waals surface area contributed by atoms with Gasteiger partial charge in [0.25, 0.3) is 0 Å². The van der Waals surface area contributed by atoms with Gasteiger partial charge in [-0.25, -0.2) is 13.4 Å². The summed E-state index contributed by atoms with van der Waals surface area (Å²) in [5.74, 6) is 0.477. The summed E-state index contributed by atoms with van der Waals surface area (Å²) in [6.45, 7) is 2.83. The van der Waals surface area contributed by atoms with Crippen molar-refractivity contribution in [2.75, 3.05) is 20.6 Å². The molecule has 3 aromatic rings. The molecule has 0 spiro atoms. The van der Waals surface area contributed by atoms with E-state index in [1.807, 2.05) is 31.2 Å². The van der Waals surface area contributed by atoms with Crippen molar-refractivity contribution in [2.24, 2.45) is 0 Å². The number of rotatable bonds is 7. The third-order valence-corrected chi connectivity index (χ3v) is 6.48. The van der Waals surface area contributed by atoms with Crippen LogP contribution in [0.5, 0.6) is 0 Å². The van der Waals surface area contributed by atoms with Gasteiger partial charge in [0.1, 0.15) is 5.82 Å². The van der Waals surface area contributed by atoms with Gasteiger partial charge in [-0.3, -0.25) is 4.79 Å². The van der Waals surface area contributed by atoms with Crippen LogP contribution < -0.4 is 0 Å². The second-order valence-corrected chi connectivity index (χ2v) is 8.63. The number of benzene rings is 2. The molecule has 0 aliphatic heterocycles. The van der Waals surface area contributed by atoms with Crippen LogP contribution in [-0.2, 0) is 27.9 Å². The molecule has 1 amide bonds. The van der Waals surface area contributed by atoms with E-state index in [0.29, 0.717) is 6.54 Å². The van der Waals surface area contributed by atoms with Crippen LogP contribution in [0.3, 0.4) is 0 Å². The number of hydrogen-bond donors (Lipinski definition) is 0. The molecular formula is C20H24N4O3S. The van der Waals surface area contributed by atoms with Gasteiger partial charge < -0.3 is 9.47 Å². The van der Waals surface area contributed by atoms with E-state index in [-0.39, 0.29) is 17.3 Å². The number of hydrogen-bond acceptors (Lipinski definition) is 4. The van der Waals surface area contributed by atoms with Crippen molar-refractivity contribution >= 4 is 27.0 Å². The lowest BCUT2D eigenvalue weighted by atomic mass is 10.3. The van der Waals surface area contributed by atoms with Crippen molar-refractivity contribution in [3.05, 3.63) is 60.4 Å². The number of likely N-dealkylation sites (N-methyl/N-ethyl adjacent to an activating group) is 2. The number of carbonyl (C=O) groups is 1. The largest absolute Gasteiger partial charge is 0.337 e. The third-order valence-electron chi connectivity index (χ3n) is 4.66. The zero-order valence-corrected chi connectivity index (χ0v) is 17.1. The van der Waals surface area contributed by atoms with Crippen LogP contribution in [-0.4, -0.2) is 53.7 Å². The molecule has 1 aromatic heterocycles. The number of fused-ring (bicyclic) bond motifs is 1. The molecule has 3 rings (SSSR count). The first-order valence-corrected chi connectivity index (χ1v) is 10.5. The fraction of sp³-hybridized carbons (Fsp3) is 0.300. The van der Waals surface area contributed by atoms with Gasteiger partial charge in [0, 0.05) is 20.6 Å². The predicted molar refractivity (Wildman–Crippen MR) is 108 cm³/mol. The van der Waals surface area contributed by atoms with Crippen molar-refractivity contribution in [1.82, 2.24) is 18.8 Å². The van der Waals surface area contributed by atoms with Crippen LogP contribution >= 0.6 is 0 Å². The van der Waals surface area contributed by atoms with Gasteiger partial charge in [0.2, 0.25) is 15.9 Å². The number of aryl methyl sites for hydroxylation is 1. The van der Waals surface area contributed by atoms with Gasteiger partial charge >= 0.3 is 0 Å². The zero-order valence-electron chi connectivity index (χ0n) is 16.2. The van der Waals surface area contributed by atoms with Crippen molar-refractivity contribution < 1.29 is 13.2 Å². The Labute approximate surface area is 165 Å². The highest BCUT2D eigenvalue weighted by Gasteiger charge is 2.24. The van der Waals surface area contributed by atoms with Crippen molar-refractivity contribution in [2.45, 2.75) is 24.9 Å². The van der Waals surface area contributed by atoms with E-state index in [4.69, 9.17) is 0 Å². The number of amides is 1. The minimum Gasteiger partial charge on any atom is -0.337 e. The first-order valence-electron chi connectivity index (χ1n) is 9.04. The molecule has 0 saturated heterocycles. The Morgan fingerprint density at radius 3 is 2.36 bits per heavy atom. The van der Waals surface area contributed by atoms with Crippen LogP contribution in [0.1, 0.15) is 12.7 Å². The lowest BCUT2D eigenvalue weighted by molar-refractivity contribution is -0.130. The fourth-order valence-electron chi connectivity index (χ4n) is 3.07. The van der Waals surface area contributed by atoms with Crippen LogP contribution in [0.4, 0.5) is 0 Å². The smallest absolute Gasteiger partial charge is 0.243 e. The highest BCUT2D eigenvalue weighted by Crippen LogP contribution is 2.17. The quantitative estimate of drug-likeness (QED) is 0.610. The van der Waals surface area contributed by atoms with Gasteiger partial charge in [-0.2, -0.15) is 4.31 Å². The monoisotopic (exact) mass is 400 g/mol. The van der Waals surface area contributed by atoms with Gasteiger partial charge in [-0.1, -0.05) is 30.3 Å². The summed E-state index contributed by atoms with van der Waals surface area (Å²) in [6, 6.07) is 15.9. The molecule has 0 bridgehead atoms. The van der Waals surface area contributed by atoms with E-state index in [1.165, 1.54) is 24.1 Å². The Morgan fingerprint density at radius 1 is 1.04 bits per heavy atom. The minimum atomic E-state index is -3.71. The normalized spacial score (nSPS) is 11.9. The molecule has 148 valence electrons. The molecule has 8 heteroatoms. The first kappa shape index (κ1) is 20.0. The summed E-state index contributed by atoms with van der Waals surface area (Å²) in [5, 5.41) is 0. The summed E-state index contributed by atoms with van der Waals surface area (Å²) in [7, 11) is -0.639. The summed E-state index contributed by atoms with van der Waals surface area (Å²) in [5.41, 5.74) is 1.90. The highest BCUT2D eigenvalue weighted by molar-refractivity contribution is 7.89. The van der Waals surface area contributed by atoms with E-state index in [1.54, 1.807) is 25.2 Å². The molecule has 0 atom stereocenters. The summed E-state index contributed by atoms with van der Waals surface area (Å²) in [6.07, 6.45) is 0. The highest BCUT2D eigenvalue weighted by atomic mass is 32.2. The van der Waals surface area contributed by atoms with Crippen molar-refractivity contribution in [3.63, 3.8) is 0 Å². The molecule has 0 N–H and O–H groups in total. The van der Waals surface area contributed by atoms with Crippen LogP contribution in [0.15, 0.2) is 59.5 Å². The fourth-order valence-corrected chi connectivity index (χ4v) is 4.21. The molecule has 1 heterocycles. The van der Waals surface area contributed by atoms with E-state index >= 15 is 0 Å². The SMILES string of the molecule is CCn1c(CN(C)C(=O)CN(C)S(=O)(=O)c2ccccc2)nc2ccccc21. The molecule has 0 aliphatic rings. The molecule has 0 unspecified atom stereocenters. The maximum Gasteiger partial charge on any atom is 0.243 e. The predicted octanol–water partition coefficient (Wildman–Crippen LogP) is 2.34. The maximum atomic E-state index is 12.6. The molecular weight excluding hydrogens is 376 g/mol. The van der Waals surface area contributed by atoms with E-state index < -0.39 is 10.0 Å². The number of carbonyl (C=O) groups excluding carboxylic acids is 1. The van der Waals surface area contributed by atoms with Crippen molar-refractivity contribution in [3.8, 4) is 0 Å². The van der Waals surface area contributed by atoms with Crippen LogP contribution in [0, 0.1) is 0 Å². The van der Waals surface area contributed by atoms with Crippen LogP contribution in [0.2, 0.25) is 0 Å². The van der Waals surface area contributed by atoms with Gasteiger partial charge in [-0.15, -0.1) is 0 Å². The maximum absolute atomic E-state index is 12.6. The molecule has 0 fully saturated rings. The minimum absolute atomic E-state index is 0.167.